The molecule has 25 heavy (non-hydrogen) atoms. The summed E-state index contributed by atoms with van der Waals surface area (Å²) in [4.78, 5) is 24.6. The summed E-state index contributed by atoms with van der Waals surface area (Å²) in [6, 6.07) is 11.9. The third-order valence-electron chi connectivity index (χ3n) is 3.16. The van der Waals surface area contributed by atoms with Gasteiger partial charge in [-0.1, -0.05) is 0 Å². The van der Waals surface area contributed by atoms with Crippen LogP contribution in [-0.2, 0) is 0 Å². The highest BCUT2D eigenvalue weighted by Crippen LogP contribution is 2.22. The molecule has 3 aromatic heterocycles. The van der Waals surface area contributed by atoms with E-state index < -0.39 is 5.91 Å². The zero-order valence-corrected chi connectivity index (χ0v) is 13.3. The van der Waals surface area contributed by atoms with Crippen LogP contribution < -0.4 is 10.1 Å². The van der Waals surface area contributed by atoms with Gasteiger partial charge in [-0.3, -0.25) is 9.78 Å². The molecule has 1 amide bonds. The van der Waals surface area contributed by atoms with Gasteiger partial charge in [0.25, 0.3) is 5.91 Å². The Morgan fingerprint density at radius 1 is 1.20 bits per heavy atom. The van der Waals surface area contributed by atoms with Gasteiger partial charge in [-0.2, -0.15) is 5.26 Å². The number of ether oxygens (including phenoxy) is 1. The Bertz CT molecular complexity index is 934. The lowest BCUT2D eigenvalue weighted by Crippen LogP contribution is -2.15. The predicted molar refractivity (Wildman–Crippen MR) is 90.2 cm³/mol. The topological polar surface area (TPSA) is 101 Å². The molecule has 0 saturated heterocycles. The van der Waals surface area contributed by atoms with E-state index in [1.54, 1.807) is 55.7 Å². The maximum atomic E-state index is 12.4. The summed E-state index contributed by atoms with van der Waals surface area (Å²) in [5, 5.41) is 11.4. The Kier molecular flexibility index (Phi) is 4.62. The van der Waals surface area contributed by atoms with Crippen molar-refractivity contribution in [3.05, 3.63) is 71.9 Å². The standard InChI is InChI=1S/C18H13N5O2/c1-12-7-15(25-14-3-2-6-20-11-14)8-16(22-12)18(24)23-17-5-4-13(9-19)10-21-17/h2-8,10-11H,1H3,(H,21,23,24). The highest BCUT2D eigenvalue weighted by Gasteiger charge is 2.12. The second-order valence-corrected chi connectivity index (χ2v) is 5.12. The summed E-state index contributed by atoms with van der Waals surface area (Å²) >= 11 is 0. The normalized spacial score (nSPS) is 9.92. The molecule has 0 radical (unpaired) electrons. The number of carbonyl (C=O) groups excluding carboxylic acids is 1. The Labute approximate surface area is 144 Å². The Balaban J connectivity index is 1.79. The van der Waals surface area contributed by atoms with Gasteiger partial charge in [0, 0.05) is 30.2 Å². The zero-order chi connectivity index (χ0) is 17.6. The number of pyridine rings is 3. The minimum Gasteiger partial charge on any atom is -0.456 e. The fourth-order valence-corrected chi connectivity index (χ4v) is 2.07. The molecule has 0 atom stereocenters. The van der Waals surface area contributed by atoms with Crippen molar-refractivity contribution in [3.63, 3.8) is 0 Å². The molecule has 0 unspecified atom stereocenters. The molecule has 3 aromatic rings. The Morgan fingerprint density at radius 3 is 2.76 bits per heavy atom. The van der Waals surface area contributed by atoms with Crippen molar-refractivity contribution in [3.8, 4) is 17.6 Å². The van der Waals surface area contributed by atoms with Crippen molar-refractivity contribution in [2.24, 2.45) is 0 Å². The van der Waals surface area contributed by atoms with Crippen LogP contribution in [0.4, 0.5) is 5.82 Å². The lowest BCUT2D eigenvalue weighted by atomic mass is 10.2. The van der Waals surface area contributed by atoms with Crippen molar-refractivity contribution in [2.45, 2.75) is 6.92 Å². The van der Waals surface area contributed by atoms with E-state index >= 15 is 0 Å². The molecule has 3 heterocycles. The molecule has 122 valence electrons. The van der Waals surface area contributed by atoms with Gasteiger partial charge in [0.15, 0.2) is 0 Å². The third kappa shape index (κ3) is 4.14. The van der Waals surface area contributed by atoms with Crippen LogP contribution in [0.25, 0.3) is 0 Å². The molecule has 0 fully saturated rings. The number of nitrogens with one attached hydrogen (secondary N) is 1. The lowest BCUT2D eigenvalue weighted by molar-refractivity contribution is 0.102. The fraction of sp³-hybridized carbons (Fsp3) is 0.0556. The van der Waals surface area contributed by atoms with Gasteiger partial charge in [-0.25, -0.2) is 9.97 Å². The molecule has 0 saturated carbocycles. The minimum atomic E-state index is -0.419. The van der Waals surface area contributed by atoms with Gasteiger partial charge in [-0.15, -0.1) is 0 Å². The van der Waals surface area contributed by atoms with Crippen LogP contribution in [0.15, 0.2) is 55.0 Å². The first-order valence-corrected chi connectivity index (χ1v) is 7.38. The summed E-state index contributed by atoms with van der Waals surface area (Å²) in [7, 11) is 0. The Hall–Kier alpha value is -3.79. The molecule has 1 N–H and O–H groups in total. The fourth-order valence-electron chi connectivity index (χ4n) is 2.07. The SMILES string of the molecule is Cc1cc(Oc2cccnc2)cc(C(=O)Nc2ccc(C#N)cn2)n1. The number of aryl methyl sites for hydroxylation is 1. The molecule has 3 rings (SSSR count). The average Bonchev–Trinajstić information content (AvgIpc) is 2.62. The lowest BCUT2D eigenvalue weighted by Gasteiger charge is -2.09. The van der Waals surface area contributed by atoms with E-state index in [2.05, 4.69) is 20.3 Å². The molecule has 0 aliphatic carbocycles. The summed E-state index contributed by atoms with van der Waals surface area (Å²) in [5.41, 5.74) is 1.25. The van der Waals surface area contributed by atoms with Gasteiger partial charge in [0.2, 0.25) is 0 Å². The van der Waals surface area contributed by atoms with E-state index in [1.165, 1.54) is 6.20 Å². The van der Waals surface area contributed by atoms with E-state index in [1.807, 2.05) is 6.07 Å². The molecular formula is C18H13N5O2. The number of hydrogen-bond donors (Lipinski definition) is 1. The van der Waals surface area contributed by atoms with Crippen LogP contribution in [0.5, 0.6) is 11.5 Å². The molecule has 0 aliphatic heterocycles. The van der Waals surface area contributed by atoms with Crippen LogP contribution in [0.2, 0.25) is 0 Å². The second kappa shape index (κ2) is 7.19. The summed E-state index contributed by atoms with van der Waals surface area (Å²) in [6.07, 6.45) is 4.61. The van der Waals surface area contributed by atoms with Crippen LogP contribution in [-0.4, -0.2) is 20.9 Å². The van der Waals surface area contributed by atoms with E-state index in [-0.39, 0.29) is 5.69 Å². The van der Waals surface area contributed by atoms with Gasteiger partial charge in [-0.05, 0) is 31.2 Å². The molecule has 0 aliphatic rings. The van der Waals surface area contributed by atoms with E-state index in [0.717, 1.165) is 0 Å². The van der Waals surface area contributed by atoms with E-state index in [0.29, 0.717) is 28.6 Å². The second-order valence-electron chi connectivity index (χ2n) is 5.12. The molecule has 7 nitrogen and oxygen atoms in total. The predicted octanol–water partition coefficient (Wildman–Crippen LogP) is 3.10. The number of hydrogen-bond acceptors (Lipinski definition) is 6. The van der Waals surface area contributed by atoms with Crippen LogP contribution in [0.1, 0.15) is 21.7 Å². The maximum absolute atomic E-state index is 12.4. The first-order valence-electron chi connectivity index (χ1n) is 7.38. The van der Waals surface area contributed by atoms with Crippen molar-refractivity contribution < 1.29 is 9.53 Å². The number of nitrogens with zero attached hydrogens (tertiary/aromatic N) is 4. The summed E-state index contributed by atoms with van der Waals surface area (Å²) in [6.45, 7) is 1.77. The largest absolute Gasteiger partial charge is 0.456 e. The number of carbonyl (C=O) groups is 1. The monoisotopic (exact) mass is 331 g/mol. The first-order chi connectivity index (χ1) is 12.1. The van der Waals surface area contributed by atoms with Gasteiger partial charge in [0.05, 0.1) is 11.8 Å². The summed E-state index contributed by atoms with van der Waals surface area (Å²) < 4.78 is 5.70. The number of nitriles is 1. The van der Waals surface area contributed by atoms with E-state index in [9.17, 15) is 4.79 Å². The number of aromatic nitrogens is 3. The van der Waals surface area contributed by atoms with Gasteiger partial charge < -0.3 is 10.1 Å². The van der Waals surface area contributed by atoms with Crippen LogP contribution in [0, 0.1) is 18.3 Å². The smallest absolute Gasteiger partial charge is 0.275 e. The van der Waals surface area contributed by atoms with Crippen molar-refractivity contribution in [1.29, 1.82) is 5.26 Å². The molecule has 0 spiro atoms. The molecule has 0 aromatic carbocycles. The highest BCUT2D eigenvalue weighted by atomic mass is 16.5. The first kappa shape index (κ1) is 16.1. The third-order valence-corrected chi connectivity index (χ3v) is 3.16. The molecule has 0 bridgehead atoms. The average molecular weight is 331 g/mol. The minimum absolute atomic E-state index is 0.199. The van der Waals surface area contributed by atoms with Gasteiger partial charge in [0.1, 0.15) is 29.1 Å². The number of amides is 1. The molecular weight excluding hydrogens is 318 g/mol. The Morgan fingerprint density at radius 2 is 2.08 bits per heavy atom. The maximum Gasteiger partial charge on any atom is 0.275 e. The van der Waals surface area contributed by atoms with E-state index in [4.69, 9.17) is 10.00 Å². The van der Waals surface area contributed by atoms with Gasteiger partial charge >= 0.3 is 0 Å². The molecule has 7 heteroatoms. The number of anilines is 1. The van der Waals surface area contributed by atoms with Crippen molar-refractivity contribution >= 4 is 11.7 Å². The zero-order valence-electron chi connectivity index (χ0n) is 13.3. The van der Waals surface area contributed by atoms with Crippen LogP contribution in [0.3, 0.4) is 0 Å². The highest BCUT2D eigenvalue weighted by molar-refractivity contribution is 6.02. The van der Waals surface area contributed by atoms with Crippen molar-refractivity contribution in [2.75, 3.05) is 5.32 Å². The summed E-state index contributed by atoms with van der Waals surface area (Å²) in [5.74, 6) is 0.964. The van der Waals surface area contributed by atoms with Crippen LogP contribution >= 0.6 is 0 Å². The van der Waals surface area contributed by atoms with Crippen molar-refractivity contribution in [1.82, 2.24) is 15.0 Å². The quantitative estimate of drug-likeness (QED) is 0.788. The number of rotatable bonds is 4.